The van der Waals surface area contributed by atoms with Crippen LogP contribution in [0.1, 0.15) is 46.4 Å². The molecule has 0 spiro atoms. The summed E-state index contributed by atoms with van der Waals surface area (Å²) in [6.07, 6.45) is 4.04. The van der Waals surface area contributed by atoms with Gasteiger partial charge in [-0.05, 0) is 25.0 Å². The van der Waals surface area contributed by atoms with E-state index in [-0.39, 0.29) is 23.6 Å². The van der Waals surface area contributed by atoms with Gasteiger partial charge >= 0.3 is 0 Å². The Hall–Kier alpha value is -2.24. The molecule has 0 bridgehead atoms. The van der Waals surface area contributed by atoms with Crippen molar-refractivity contribution in [3.63, 3.8) is 0 Å². The molecule has 1 aromatic carbocycles. The summed E-state index contributed by atoms with van der Waals surface area (Å²) < 4.78 is 13.7. The van der Waals surface area contributed by atoms with Crippen LogP contribution in [0.4, 0.5) is 4.39 Å². The van der Waals surface area contributed by atoms with Gasteiger partial charge < -0.3 is 4.90 Å². The number of hydrogen-bond acceptors (Lipinski definition) is 3. The predicted molar refractivity (Wildman–Crippen MR) is 76.8 cm³/mol. The van der Waals surface area contributed by atoms with E-state index in [1.165, 1.54) is 12.1 Å². The van der Waals surface area contributed by atoms with Gasteiger partial charge in [0.25, 0.3) is 11.8 Å². The zero-order valence-corrected chi connectivity index (χ0v) is 12.2. The summed E-state index contributed by atoms with van der Waals surface area (Å²) in [5.74, 6) is -2.29. The van der Waals surface area contributed by atoms with E-state index in [9.17, 15) is 18.8 Å². The molecule has 1 aromatic rings. The second-order valence-electron chi connectivity index (χ2n) is 5.65. The fourth-order valence-electron chi connectivity index (χ4n) is 2.99. The number of fused-ring (bicyclic) bond motifs is 1. The first kappa shape index (κ1) is 14.7. The third kappa shape index (κ3) is 2.49. The molecule has 3 rings (SSSR count). The van der Waals surface area contributed by atoms with Gasteiger partial charge in [0.2, 0.25) is 5.91 Å². The molecule has 0 N–H and O–H groups in total. The lowest BCUT2D eigenvalue weighted by molar-refractivity contribution is -0.131. The predicted octanol–water partition coefficient (Wildman–Crippen LogP) is 1.82. The van der Waals surface area contributed by atoms with Crippen LogP contribution in [-0.4, -0.2) is 47.2 Å². The van der Waals surface area contributed by atoms with Crippen molar-refractivity contribution in [2.75, 3.05) is 19.6 Å². The lowest BCUT2D eigenvalue weighted by Gasteiger charge is -2.23. The number of imide groups is 1. The highest BCUT2D eigenvalue weighted by Gasteiger charge is 2.39. The van der Waals surface area contributed by atoms with Gasteiger partial charge in [-0.2, -0.15) is 0 Å². The van der Waals surface area contributed by atoms with Crippen LogP contribution in [0.25, 0.3) is 0 Å². The third-order valence-electron chi connectivity index (χ3n) is 4.20. The molecule has 0 unspecified atom stereocenters. The van der Waals surface area contributed by atoms with Crippen LogP contribution in [0.2, 0.25) is 0 Å². The fourth-order valence-corrected chi connectivity index (χ4v) is 2.99. The van der Waals surface area contributed by atoms with Crippen LogP contribution in [0.3, 0.4) is 0 Å². The Labute approximate surface area is 127 Å². The van der Waals surface area contributed by atoms with Gasteiger partial charge in [0.1, 0.15) is 12.4 Å². The summed E-state index contributed by atoms with van der Waals surface area (Å²) in [6, 6.07) is 3.94. The van der Waals surface area contributed by atoms with Crippen molar-refractivity contribution in [3.8, 4) is 0 Å². The Morgan fingerprint density at radius 2 is 1.73 bits per heavy atom. The topological polar surface area (TPSA) is 57.7 Å². The number of amides is 3. The van der Waals surface area contributed by atoms with Gasteiger partial charge in [0.15, 0.2) is 0 Å². The van der Waals surface area contributed by atoms with Crippen LogP contribution in [0, 0.1) is 5.82 Å². The maximum absolute atomic E-state index is 13.7. The van der Waals surface area contributed by atoms with E-state index in [0.717, 1.165) is 36.6 Å². The van der Waals surface area contributed by atoms with Gasteiger partial charge in [-0.3, -0.25) is 19.3 Å². The Bertz CT molecular complexity index is 636. The maximum atomic E-state index is 13.7. The van der Waals surface area contributed by atoms with Crippen molar-refractivity contribution < 1.29 is 18.8 Å². The van der Waals surface area contributed by atoms with E-state index in [0.29, 0.717) is 13.1 Å². The van der Waals surface area contributed by atoms with Crippen LogP contribution >= 0.6 is 0 Å². The summed E-state index contributed by atoms with van der Waals surface area (Å²) >= 11 is 0. The number of likely N-dealkylation sites (tertiary alicyclic amines) is 1. The second-order valence-corrected chi connectivity index (χ2v) is 5.65. The lowest BCUT2D eigenvalue weighted by Crippen LogP contribution is -2.43. The van der Waals surface area contributed by atoms with Crippen LogP contribution in [-0.2, 0) is 4.79 Å². The quantitative estimate of drug-likeness (QED) is 0.783. The van der Waals surface area contributed by atoms with Crippen molar-refractivity contribution in [1.29, 1.82) is 0 Å². The molecule has 6 heteroatoms. The number of nitrogens with zero attached hydrogens (tertiary/aromatic N) is 2. The minimum Gasteiger partial charge on any atom is -0.341 e. The first-order valence-corrected chi connectivity index (χ1v) is 7.52. The Morgan fingerprint density at radius 3 is 2.36 bits per heavy atom. The van der Waals surface area contributed by atoms with Gasteiger partial charge in [0.05, 0.1) is 11.1 Å². The molecule has 0 aliphatic carbocycles. The Morgan fingerprint density at radius 1 is 1.05 bits per heavy atom. The Balaban J connectivity index is 1.76. The van der Waals surface area contributed by atoms with Crippen molar-refractivity contribution >= 4 is 17.7 Å². The first-order chi connectivity index (χ1) is 10.6. The smallest absolute Gasteiger partial charge is 0.265 e. The fraction of sp³-hybridized carbons (Fsp3) is 0.438. The van der Waals surface area contributed by atoms with Crippen molar-refractivity contribution in [1.82, 2.24) is 9.80 Å². The lowest BCUT2D eigenvalue weighted by atomic mass is 10.1. The zero-order valence-electron chi connectivity index (χ0n) is 12.2. The SMILES string of the molecule is O=C(CN1C(=O)c2cccc(F)c2C1=O)N1CCCCCC1. The third-order valence-corrected chi connectivity index (χ3v) is 4.20. The maximum Gasteiger partial charge on any atom is 0.265 e. The summed E-state index contributed by atoms with van der Waals surface area (Å²) in [5.41, 5.74) is -0.190. The molecule has 0 radical (unpaired) electrons. The molecule has 2 aliphatic heterocycles. The van der Waals surface area contributed by atoms with E-state index < -0.39 is 17.6 Å². The number of carbonyl (C=O) groups is 3. The second kappa shape index (κ2) is 5.87. The highest BCUT2D eigenvalue weighted by Crippen LogP contribution is 2.25. The average Bonchev–Trinajstić information content (AvgIpc) is 2.72. The Kier molecular flexibility index (Phi) is 3.92. The molecule has 116 valence electrons. The molecule has 0 aromatic heterocycles. The molecule has 22 heavy (non-hydrogen) atoms. The number of hydrogen-bond donors (Lipinski definition) is 0. The molecule has 2 aliphatic rings. The molecule has 0 atom stereocenters. The van der Waals surface area contributed by atoms with E-state index in [4.69, 9.17) is 0 Å². The van der Waals surface area contributed by atoms with E-state index in [1.807, 2.05) is 0 Å². The first-order valence-electron chi connectivity index (χ1n) is 7.52. The summed E-state index contributed by atoms with van der Waals surface area (Å²) in [4.78, 5) is 39.3. The minimum atomic E-state index is -0.722. The highest BCUT2D eigenvalue weighted by molar-refractivity contribution is 6.22. The van der Waals surface area contributed by atoms with Crippen molar-refractivity contribution in [3.05, 3.63) is 35.1 Å². The number of rotatable bonds is 2. The molecule has 1 fully saturated rings. The van der Waals surface area contributed by atoms with E-state index >= 15 is 0 Å². The van der Waals surface area contributed by atoms with Gasteiger partial charge in [-0.15, -0.1) is 0 Å². The summed E-state index contributed by atoms with van der Waals surface area (Å²) in [5, 5.41) is 0. The van der Waals surface area contributed by atoms with Crippen LogP contribution in [0.15, 0.2) is 18.2 Å². The van der Waals surface area contributed by atoms with Crippen molar-refractivity contribution in [2.24, 2.45) is 0 Å². The minimum absolute atomic E-state index is 0.0358. The summed E-state index contributed by atoms with van der Waals surface area (Å²) in [7, 11) is 0. The summed E-state index contributed by atoms with van der Waals surface area (Å²) in [6.45, 7) is 0.985. The van der Waals surface area contributed by atoms with Crippen LogP contribution < -0.4 is 0 Å². The van der Waals surface area contributed by atoms with E-state index in [1.54, 1.807) is 4.90 Å². The normalized spacial score (nSPS) is 18.4. The molecular weight excluding hydrogens is 287 g/mol. The number of benzene rings is 1. The largest absolute Gasteiger partial charge is 0.341 e. The average molecular weight is 304 g/mol. The van der Waals surface area contributed by atoms with Gasteiger partial charge in [-0.25, -0.2) is 4.39 Å². The van der Waals surface area contributed by atoms with Gasteiger partial charge in [0, 0.05) is 13.1 Å². The highest BCUT2D eigenvalue weighted by atomic mass is 19.1. The van der Waals surface area contributed by atoms with Crippen LogP contribution in [0.5, 0.6) is 0 Å². The van der Waals surface area contributed by atoms with Crippen molar-refractivity contribution in [2.45, 2.75) is 25.7 Å². The monoisotopic (exact) mass is 304 g/mol. The van der Waals surface area contributed by atoms with E-state index in [2.05, 4.69) is 0 Å². The molecular formula is C16H17FN2O3. The molecule has 1 saturated heterocycles. The number of carbonyl (C=O) groups excluding carboxylic acids is 3. The standard InChI is InChI=1S/C16H17FN2O3/c17-12-7-5-6-11-14(12)16(22)19(15(11)21)10-13(20)18-8-3-1-2-4-9-18/h5-7H,1-4,8-10H2. The van der Waals surface area contributed by atoms with Gasteiger partial charge in [-0.1, -0.05) is 18.9 Å². The number of halogens is 1. The zero-order chi connectivity index (χ0) is 15.7. The molecule has 5 nitrogen and oxygen atoms in total. The molecule has 3 amide bonds. The molecule has 2 heterocycles. The molecule has 0 saturated carbocycles.